The summed E-state index contributed by atoms with van der Waals surface area (Å²) in [6, 6.07) is 0. The van der Waals surface area contributed by atoms with Gasteiger partial charge in [0.25, 0.3) is 5.91 Å². The van der Waals surface area contributed by atoms with Crippen molar-refractivity contribution < 1.29 is 9.53 Å². The Morgan fingerprint density at radius 3 is 2.60 bits per heavy atom. The molecule has 5 heterocycles. The van der Waals surface area contributed by atoms with E-state index in [9.17, 15) is 4.79 Å². The number of amides is 1. The second-order valence-electron chi connectivity index (χ2n) is 7.79. The van der Waals surface area contributed by atoms with Gasteiger partial charge in [-0.25, -0.2) is 0 Å². The van der Waals surface area contributed by atoms with Crippen molar-refractivity contribution in [1.29, 1.82) is 0 Å². The highest BCUT2D eigenvalue weighted by Crippen LogP contribution is 2.47. The predicted molar refractivity (Wildman–Crippen MR) is 90.1 cm³/mol. The summed E-state index contributed by atoms with van der Waals surface area (Å²) in [5.74, 6) is 1.10. The second-order valence-corrected chi connectivity index (χ2v) is 7.79. The number of hydrogen-bond donors (Lipinski definition) is 1. The van der Waals surface area contributed by atoms with Crippen LogP contribution in [0, 0.1) is 11.8 Å². The first-order valence-electron chi connectivity index (χ1n) is 9.56. The highest BCUT2D eigenvalue weighted by Gasteiger charge is 2.53. The molecule has 1 aromatic rings. The Morgan fingerprint density at radius 2 is 1.88 bits per heavy atom. The molecule has 4 saturated heterocycles. The molecule has 0 spiro atoms. The van der Waals surface area contributed by atoms with Gasteiger partial charge < -0.3 is 15.0 Å². The molecule has 4 aliphatic heterocycles. The normalized spacial score (nSPS) is 34.6. The number of carbonyl (C=O) groups excluding carboxylic acids is 1. The number of carbonyl (C=O) groups is 1. The maximum atomic E-state index is 12.8. The third kappa shape index (κ3) is 2.86. The molecular weight excluding hydrogens is 320 g/mol. The topological polar surface area (TPSA) is 75.5 Å². The zero-order valence-electron chi connectivity index (χ0n) is 14.5. The number of aromatic nitrogens is 3. The Morgan fingerprint density at radius 1 is 1.16 bits per heavy atom. The number of nitrogens with zero attached hydrogens (tertiary/aromatic N) is 5. The zero-order chi connectivity index (χ0) is 16.8. The van der Waals surface area contributed by atoms with Crippen LogP contribution in [0.2, 0.25) is 0 Å². The Hall–Kier alpha value is -1.51. The van der Waals surface area contributed by atoms with Crippen molar-refractivity contribution in [2.45, 2.75) is 31.6 Å². The van der Waals surface area contributed by atoms with Crippen LogP contribution in [0.25, 0.3) is 0 Å². The fourth-order valence-corrected chi connectivity index (χ4v) is 4.97. The van der Waals surface area contributed by atoms with Gasteiger partial charge >= 0.3 is 0 Å². The molecule has 4 atom stereocenters. The van der Waals surface area contributed by atoms with Crippen molar-refractivity contribution >= 4 is 5.91 Å². The van der Waals surface area contributed by atoms with Gasteiger partial charge in [0.05, 0.1) is 24.9 Å². The van der Waals surface area contributed by atoms with Crippen LogP contribution in [-0.2, 0) is 11.3 Å². The van der Waals surface area contributed by atoms with Gasteiger partial charge in [-0.3, -0.25) is 14.4 Å². The van der Waals surface area contributed by atoms with E-state index in [-0.39, 0.29) is 5.91 Å². The smallest absolute Gasteiger partial charge is 0.276 e. The summed E-state index contributed by atoms with van der Waals surface area (Å²) in [5.41, 5.74) is 0.480. The maximum absolute atomic E-state index is 12.8. The van der Waals surface area contributed by atoms with Crippen LogP contribution in [-0.4, -0.2) is 88.7 Å². The van der Waals surface area contributed by atoms with Crippen molar-refractivity contribution in [3.8, 4) is 0 Å². The molecule has 1 amide bonds. The fraction of sp³-hybridized carbons (Fsp3) is 0.824. The molecule has 0 radical (unpaired) electrons. The van der Waals surface area contributed by atoms with E-state index in [2.05, 4.69) is 20.5 Å². The summed E-state index contributed by atoms with van der Waals surface area (Å²) in [6.07, 6.45) is 4.89. The lowest BCUT2D eigenvalue weighted by Crippen LogP contribution is -2.44. The van der Waals surface area contributed by atoms with Gasteiger partial charge in [0.2, 0.25) is 0 Å². The summed E-state index contributed by atoms with van der Waals surface area (Å²) >= 11 is 0. The fourth-order valence-electron chi connectivity index (χ4n) is 4.97. The van der Waals surface area contributed by atoms with Crippen molar-refractivity contribution in [3.63, 3.8) is 0 Å². The molecule has 1 N–H and O–H groups in total. The van der Waals surface area contributed by atoms with Crippen LogP contribution in [0.1, 0.15) is 23.3 Å². The first-order chi connectivity index (χ1) is 12.3. The molecule has 1 aromatic heterocycles. The first-order valence-corrected chi connectivity index (χ1v) is 9.56. The van der Waals surface area contributed by atoms with Crippen LogP contribution < -0.4 is 5.32 Å². The minimum absolute atomic E-state index is 0.0298. The van der Waals surface area contributed by atoms with Gasteiger partial charge in [0.15, 0.2) is 5.69 Å². The van der Waals surface area contributed by atoms with Gasteiger partial charge in [-0.05, 0) is 12.8 Å². The van der Waals surface area contributed by atoms with Crippen LogP contribution in [0.15, 0.2) is 6.20 Å². The van der Waals surface area contributed by atoms with Crippen LogP contribution in [0.5, 0.6) is 0 Å². The van der Waals surface area contributed by atoms with Gasteiger partial charge in [-0.2, -0.15) is 0 Å². The lowest BCUT2D eigenvalue weighted by molar-refractivity contribution is 0.0591. The van der Waals surface area contributed by atoms with Gasteiger partial charge in [-0.1, -0.05) is 5.21 Å². The van der Waals surface area contributed by atoms with Crippen molar-refractivity contribution in [3.05, 3.63) is 11.9 Å². The standard InChI is InChI=1S/C17H26N6O2/c24-17(22-9-12-13(10-22)16-2-1-15(12)25-16)14-11-23(20-19-14)8-7-21-5-3-18-4-6-21/h11-13,15-16,18H,1-10H2/t12-,13+,15+,16-. The molecule has 136 valence electrons. The van der Waals surface area contributed by atoms with Crippen LogP contribution >= 0.6 is 0 Å². The van der Waals surface area contributed by atoms with Gasteiger partial charge in [-0.15, -0.1) is 5.10 Å². The average Bonchev–Trinajstić information content (AvgIpc) is 3.42. The summed E-state index contributed by atoms with van der Waals surface area (Å²) in [6.45, 7) is 7.60. The van der Waals surface area contributed by atoms with Crippen molar-refractivity contribution in [2.75, 3.05) is 45.8 Å². The quantitative estimate of drug-likeness (QED) is 0.787. The number of rotatable bonds is 4. The predicted octanol–water partition coefficient (Wildman–Crippen LogP) is -0.567. The highest BCUT2D eigenvalue weighted by molar-refractivity contribution is 5.92. The number of nitrogens with one attached hydrogen (secondary N) is 1. The molecule has 0 unspecified atom stereocenters. The Balaban J connectivity index is 1.18. The first kappa shape index (κ1) is 15.7. The zero-order valence-corrected chi connectivity index (χ0v) is 14.5. The Labute approximate surface area is 147 Å². The molecule has 8 heteroatoms. The van der Waals surface area contributed by atoms with E-state index >= 15 is 0 Å². The molecule has 8 nitrogen and oxygen atoms in total. The summed E-state index contributed by atoms with van der Waals surface area (Å²) in [7, 11) is 0. The summed E-state index contributed by atoms with van der Waals surface area (Å²) in [4.78, 5) is 17.2. The van der Waals surface area contributed by atoms with E-state index in [1.807, 2.05) is 11.1 Å². The number of hydrogen-bond acceptors (Lipinski definition) is 6. The minimum Gasteiger partial charge on any atom is -0.374 e. The van der Waals surface area contributed by atoms with E-state index in [1.165, 1.54) is 0 Å². The van der Waals surface area contributed by atoms with Gasteiger partial charge in [0.1, 0.15) is 0 Å². The third-order valence-electron chi connectivity index (χ3n) is 6.35. The third-order valence-corrected chi connectivity index (χ3v) is 6.35. The SMILES string of the molecule is O=C(c1cn(CCN2CCNCC2)nn1)N1C[C@@H]2[C@H](C1)[C@H]1CC[C@@H]2O1. The minimum atomic E-state index is 0.0298. The van der Waals surface area contributed by atoms with Crippen LogP contribution in [0.4, 0.5) is 0 Å². The van der Waals surface area contributed by atoms with Crippen molar-refractivity contribution in [2.24, 2.45) is 11.8 Å². The van der Waals surface area contributed by atoms with E-state index in [0.717, 1.165) is 65.2 Å². The second kappa shape index (κ2) is 6.34. The number of ether oxygens (including phenoxy) is 1. The highest BCUT2D eigenvalue weighted by atomic mass is 16.5. The molecule has 25 heavy (non-hydrogen) atoms. The molecule has 2 bridgehead atoms. The molecular formula is C17H26N6O2. The number of likely N-dealkylation sites (tertiary alicyclic amines) is 1. The molecule has 4 fully saturated rings. The van der Waals surface area contributed by atoms with Gasteiger partial charge in [0, 0.05) is 57.6 Å². The summed E-state index contributed by atoms with van der Waals surface area (Å²) in [5, 5.41) is 11.6. The van der Waals surface area contributed by atoms with E-state index in [4.69, 9.17) is 4.74 Å². The van der Waals surface area contributed by atoms with E-state index < -0.39 is 0 Å². The summed E-state index contributed by atoms with van der Waals surface area (Å²) < 4.78 is 7.79. The maximum Gasteiger partial charge on any atom is 0.276 e. The lowest BCUT2D eigenvalue weighted by Gasteiger charge is -2.26. The Bertz CT molecular complexity index is 625. The van der Waals surface area contributed by atoms with E-state index in [0.29, 0.717) is 29.7 Å². The molecule has 5 rings (SSSR count). The lowest BCUT2D eigenvalue weighted by atomic mass is 9.82. The van der Waals surface area contributed by atoms with Crippen molar-refractivity contribution in [1.82, 2.24) is 30.1 Å². The molecule has 0 aliphatic carbocycles. The molecule has 0 aromatic carbocycles. The van der Waals surface area contributed by atoms with E-state index in [1.54, 1.807) is 4.68 Å². The largest absolute Gasteiger partial charge is 0.374 e. The monoisotopic (exact) mass is 346 g/mol. The molecule has 4 aliphatic rings. The Kier molecular flexibility index (Phi) is 3.98. The van der Waals surface area contributed by atoms with Crippen LogP contribution in [0.3, 0.4) is 0 Å². The average molecular weight is 346 g/mol. The molecule has 0 saturated carbocycles. The number of fused-ring (bicyclic) bond motifs is 5. The number of piperazine rings is 1.